The van der Waals surface area contributed by atoms with Gasteiger partial charge in [-0.2, -0.15) is 0 Å². The van der Waals surface area contributed by atoms with E-state index in [2.05, 4.69) is 32.6 Å². The van der Waals surface area contributed by atoms with Gasteiger partial charge in [0.15, 0.2) is 0 Å². The largest absolute Gasteiger partial charge is 0.508 e. The molecular formula is C26H31IN2O5. The van der Waals surface area contributed by atoms with Crippen LogP contribution in [-0.2, 0) is 25.6 Å². The van der Waals surface area contributed by atoms with Crippen molar-refractivity contribution in [1.82, 2.24) is 10.2 Å². The number of carbonyl (C=O) groups is 3. The molecule has 0 fully saturated rings. The topological polar surface area (TPSA) is 84.9 Å². The van der Waals surface area contributed by atoms with Crippen LogP contribution in [0.4, 0.5) is 4.79 Å². The van der Waals surface area contributed by atoms with E-state index < -0.39 is 12.2 Å². The summed E-state index contributed by atoms with van der Waals surface area (Å²) in [5.74, 6) is -0.294. The van der Waals surface area contributed by atoms with E-state index in [1.807, 2.05) is 67.6 Å². The number of benzene rings is 2. The van der Waals surface area contributed by atoms with E-state index in [1.165, 1.54) is 7.11 Å². The van der Waals surface area contributed by atoms with Crippen molar-refractivity contribution in [2.45, 2.75) is 38.8 Å². The van der Waals surface area contributed by atoms with Crippen LogP contribution in [0.1, 0.15) is 43.4 Å². The van der Waals surface area contributed by atoms with E-state index >= 15 is 0 Å². The molecule has 0 spiro atoms. The van der Waals surface area contributed by atoms with Crippen molar-refractivity contribution >= 4 is 40.6 Å². The van der Waals surface area contributed by atoms with Gasteiger partial charge >= 0.3 is 6.16 Å². The second-order valence-corrected chi connectivity index (χ2v) is 8.62. The van der Waals surface area contributed by atoms with Crippen LogP contribution in [0.15, 0.2) is 66.7 Å². The summed E-state index contributed by atoms with van der Waals surface area (Å²) in [6.45, 7) is 2.75. The SMILES string of the molecule is CCC(=O)N(Cc1ccccc1)C(C(=O)NCCC/C=C/COC(=O)OC)c1ccccc1I. The van der Waals surface area contributed by atoms with Crippen molar-refractivity contribution in [2.75, 3.05) is 20.3 Å². The number of rotatable bonds is 12. The average Bonchev–Trinajstić information content (AvgIpc) is 2.86. The van der Waals surface area contributed by atoms with Gasteiger partial charge in [-0.05, 0) is 52.6 Å². The molecule has 34 heavy (non-hydrogen) atoms. The molecule has 8 heteroatoms. The fraction of sp³-hybridized carbons (Fsp3) is 0.346. The molecule has 1 unspecified atom stereocenters. The number of ether oxygens (including phenoxy) is 2. The quantitative estimate of drug-likeness (QED) is 0.166. The standard InChI is InChI=1S/C26H31IN2O5/c1-3-23(30)29(19-20-13-7-6-8-14-20)24(21-15-9-10-16-22(21)27)25(31)28-17-11-4-5-12-18-34-26(32)33-2/h5-10,12-16,24H,3-4,11,17-19H2,1-2H3,(H,28,31)/b12-5+. The Bertz CT molecular complexity index is 965. The van der Waals surface area contributed by atoms with Crippen LogP contribution >= 0.6 is 22.6 Å². The van der Waals surface area contributed by atoms with Crippen molar-refractivity contribution in [2.24, 2.45) is 0 Å². The fourth-order valence-corrected chi connectivity index (χ4v) is 4.03. The number of carbonyl (C=O) groups excluding carboxylic acids is 3. The highest BCUT2D eigenvalue weighted by molar-refractivity contribution is 14.1. The lowest BCUT2D eigenvalue weighted by atomic mass is 10.0. The summed E-state index contributed by atoms with van der Waals surface area (Å²) in [4.78, 5) is 38.9. The maximum Gasteiger partial charge on any atom is 0.508 e. The molecule has 0 heterocycles. The fourth-order valence-electron chi connectivity index (χ4n) is 3.34. The van der Waals surface area contributed by atoms with Crippen LogP contribution < -0.4 is 5.32 Å². The first-order valence-corrected chi connectivity index (χ1v) is 12.3. The summed E-state index contributed by atoms with van der Waals surface area (Å²) >= 11 is 2.21. The van der Waals surface area contributed by atoms with Crippen molar-refractivity contribution in [1.29, 1.82) is 0 Å². The first-order valence-electron chi connectivity index (χ1n) is 11.2. The Hall–Kier alpha value is -2.88. The van der Waals surface area contributed by atoms with Gasteiger partial charge in [0.1, 0.15) is 12.6 Å². The molecule has 2 aromatic carbocycles. The Balaban J connectivity index is 2.09. The van der Waals surface area contributed by atoms with E-state index in [1.54, 1.807) is 11.0 Å². The summed E-state index contributed by atoms with van der Waals surface area (Å²) in [6, 6.07) is 16.6. The molecule has 0 saturated heterocycles. The summed E-state index contributed by atoms with van der Waals surface area (Å²) < 4.78 is 10.1. The molecule has 0 aliphatic heterocycles. The molecule has 182 valence electrons. The molecule has 0 aliphatic carbocycles. The summed E-state index contributed by atoms with van der Waals surface area (Å²) in [6.07, 6.45) is 4.61. The monoisotopic (exact) mass is 578 g/mol. The van der Waals surface area contributed by atoms with Crippen molar-refractivity contribution < 1.29 is 23.9 Å². The number of hydrogen-bond acceptors (Lipinski definition) is 5. The number of halogens is 1. The van der Waals surface area contributed by atoms with Crippen LogP contribution in [0.25, 0.3) is 0 Å². The molecule has 0 bridgehead atoms. The molecule has 0 aromatic heterocycles. The molecule has 0 radical (unpaired) electrons. The zero-order valence-electron chi connectivity index (χ0n) is 19.5. The highest BCUT2D eigenvalue weighted by atomic mass is 127. The first kappa shape index (κ1) is 27.4. The maximum atomic E-state index is 13.4. The van der Waals surface area contributed by atoms with Crippen molar-refractivity contribution in [3.05, 3.63) is 81.4 Å². The van der Waals surface area contributed by atoms with Gasteiger partial charge in [-0.25, -0.2) is 4.79 Å². The summed E-state index contributed by atoms with van der Waals surface area (Å²) in [7, 11) is 1.26. The van der Waals surface area contributed by atoms with Gasteiger partial charge in [0.2, 0.25) is 11.8 Å². The Morgan fingerprint density at radius 2 is 1.76 bits per heavy atom. The Kier molecular flexibility index (Phi) is 12.2. The maximum absolute atomic E-state index is 13.4. The van der Waals surface area contributed by atoms with Gasteiger partial charge in [0.05, 0.1) is 7.11 Å². The van der Waals surface area contributed by atoms with Gasteiger partial charge in [-0.3, -0.25) is 9.59 Å². The lowest BCUT2D eigenvalue weighted by Crippen LogP contribution is -2.43. The molecule has 7 nitrogen and oxygen atoms in total. The Morgan fingerprint density at radius 1 is 1.06 bits per heavy atom. The van der Waals surface area contributed by atoms with Gasteiger partial charge in [0, 0.05) is 23.1 Å². The highest BCUT2D eigenvalue weighted by Gasteiger charge is 2.31. The molecule has 2 amide bonds. The predicted octanol–water partition coefficient (Wildman–Crippen LogP) is 5.01. The molecule has 0 aliphatic rings. The van der Waals surface area contributed by atoms with E-state index in [0.717, 1.165) is 14.7 Å². The van der Waals surface area contributed by atoms with Gasteiger partial charge < -0.3 is 19.7 Å². The summed E-state index contributed by atoms with van der Waals surface area (Å²) in [5, 5.41) is 3.00. The van der Waals surface area contributed by atoms with Crippen LogP contribution in [0, 0.1) is 3.57 Å². The number of amides is 2. The lowest BCUT2D eigenvalue weighted by molar-refractivity contribution is -0.141. The molecule has 1 atom stereocenters. The minimum absolute atomic E-state index is 0.0859. The van der Waals surface area contributed by atoms with Crippen LogP contribution in [0.3, 0.4) is 0 Å². The minimum Gasteiger partial charge on any atom is -0.438 e. The number of nitrogens with zero attached hydrogens (tertiary/aromatic N) is 1. The van der Waals surface area contributed by atoms with Crippen molar-refractivity contribution in [3.8, 4) is 0 Å². The smallest absolute Gasteiger partial charge is 0.438 e. The number of methoxy groups -OCH3 is 1. The highest BCUT2D eigenvalue weighted by Crippen LogP contribution is 2.28. The summed E-state index contributed by atoms with van der Waals surface area (Å²) in [5.41, 5.74) is 1.77. The second-order valence-electron chi connectivity index (χ2n) is 7.45. The van der Waals surface area contributed by atoms with Crippen LogP contribution in [0.2, 0.25) is 0 Å². The zero-order chi connectivity index (χ0) is 24.8. The predicted molar refractivity (Wildman–Crippen MR) is 139 cm³/mol. The third kappa shape index (κ3) is 8.81. The first-order chi connectivity index (χ1) is 16.5. The lowest BCUT2D eigenvalue weighted by Gasteiger charge is -2.32. The molecule has 2 aromatic rings. The Labute approximate surface area is 214 Å². The number of allylic oxidation sites excluding steroid dienone is 1. The van der Waals surface area contributed by atoms with E-state index in [0.29, 0.717) is 32.4 Å². The minimum atomic E-state index is -0.732. The normalized spacial score (nSPS) is 11.6. The number of nitrogens with one attached hydrogen (secondary N) is 1. The van der Waals surface area contributed by atoms with E-state index in [9.17, 15) is 14.4 Å². The van der Waals surface area contributed by atoms with E-state index in [4.69, 9.17) is 4.74 Å². The average molecular weight is 578 g/mol. The Morgan fingerprint density at radius 3 is 2.44 bits per heavy atom. The van der Waals surface area contributed by atoms with Crippen LogP contribution in [-0.4, -0.2) is 43.1 Å². The van der Waals surface area contributed by atoms with Gasteiger partial charge in [-0.1, -0.05) is 67.6 Å². The molecular weight excluding hydrogens is 547 g/mol. The van der Waals surface area contributed by atoms with Crippen LogP contribution in [0.5, 0.6) is 0 Å². The molecule has 2 rings (SSSR count). The molecule has 0 saturated carbocycles. The van der Waals surface area contributed by atoms with Crippen molar-refractivity contribution in [3.63, 3.8) is 0 Å². The zero-order valence-corrected chi connectivity index (χ0v) is 21.7. The van der Waals surface area contributed by atoms with E-state index in [-0.39, 0.29) is 18.4 Å². The third-order valence-electron chi connectivity index (χ3n) is 5.06. The number of hydrogen-bond donors (Lipinski definition) is 1. The number of unbranched alkanes of at least 4 members (excludes halogenated alkanes) is 1. The third-order valence-corrected chi connectivity index (χ3v) is 6.04. The molecule has 1 N–H and O–H groups in total. The van der Waals surface area contributed by atoms with Gasteiger partial charge in [-0.15, -0.1) is 0 Å². The van der Waals surface area contributed by atoms with Gasteiger partial charge in [0.25, 0.3) is 0 Å². The second kappa shape index (κ2) is 15.1.